The monoisotopic (exact) mass is 1270 g/mol. The zero-order valence-corrected chi connectivity index (χ0v) is 61.3. The summed E-state index contributed by atoms with van der Waals surface area (Å²) in [6.07, 6.45) is 0. The molecule has 0 aliphatic carbocycles. The second kappa shape index (κ2) is 25.5. The molecule has 0 aliphatic rings. The highest BCUT2D eigenvalue weighted by Gasteiger charge is 2.44. The molecule has 6 aromatic carbocycles. The number of hydrogen-bond donors (Lipinski definition) is 0. The van der Waals surface area contributed by atoms with E-state index in [-0.39, 0.29) is 56.5 Å². The minimum absolute atomic E-state index is 0.0406. The number of ether oxygens (including phenoxy) is 4. The second-order valence-electron chi connectivity index (χ2n) is 32.0. The molecular formula is C76H102Cl2O8P2. The Hall–Kier alpha value is -5.10. The summed E-state index contributed by atoms with van der Waals surface area (Å²) >= 11 is 15.3. The summed E-state index contributed by atoms with van der Waals surface area (Å²) in [5.74, 6) is -1.49. The molecule has 0 atom stereocenters. The number of carbonyl (C=O) groups is 2. The molecular weight excluding hydrogens is 1170 g/mol. The SMILES string of the molecule is CCOC(=O)COc1c(Cl)ccc(P(=O)(c2cc(C(C)(C)C)cc(C(C)(C)C)c2)c2cc(C(C)(C)C)cc(C(C)(C)C)c2)c1-c1c(P(=O)(c2cc(C(C)(C)C)cc(C(C)(C)C)c2)c2cc(C(C)(C)C)cc(C(C)(C)C)c2)ccc(Cl)c1OCC(=O)OCC. The van der Waals surface area contributed by atoms with Gasteiger partial charge in [0.2, 0.25) is 0 Å². The molecule has 8 nitrogen and oxygen atoms in total. The van der Waals surface area contributed by atoms with Crippen molar-refractivity contribution in [3.8, 4) is 22.6 Å². The van der Waals surface area contributed by atoms with Crippen molar-refractivity contribution in [3.05, 3.63) is 152 Å². The smallest absolute Gasteiger partial charge is 0.344 e. The first kappa shape index (κ1) is 72.0. The Bertz CT molecular complexity index is 3170. The Morgan fingerprint density at radius 1 is 0.341 bits per heavy atom. The van der Waals surface area contributed by atoms with Crippen LogP contribution in [0.5, 0.6) is 11.5 Å². The van der Waals surface area contributed by atoms with Crippen LogP contribution in [0.2, 0.25) is 10.0 Å². The van der Waals surface area contributed by atoms with Gasteiger partial charge in [-0.2, -0.15) is 0 Å². The van der Waals surface area contributed by atoms with Gasteiger partial charge in [0.1, 0.15) is 11.5 Å². The molecule has 0 spiro atoms. The molecule has 0 aromatic heterocycles. The topological polar surface area (TPSA) is 105 Å². The summed E-state index contributed by atoms with van der Waals surface area (Å²) in [7, 11) is -8.85. The van der Waals surface area contributed by atoms with E-state index in [9.17, 15) is 9.59 Å². The molecule has 6 rings (SSSR count). The summed E-state index contributed by atoms with van der Waals surface area (Å²) < 4.78 is 62.6. The molecule has 0 fully saturated rings. The lowest BCUT2D eigenvalue weighted by Crippen LogP contribution is -2.34. The van der Waals surface area contributed by atoms with Crippen molar-refractivity contribution in [2.24, 2.45) is 0 Å². The van der Waals surface area contributed by atoms with Gasteiger partial charge in [0, 0.05) is 43.0 Å². The minimum Gasteiger partial charge on any atom is -0.480 e. The molecule has 0 aliphatic heterocycles. The molecule has 12 heteroatoms. The lowest BCUT2D eigenvalue weighted by molar-refractivity contribution is -0.146. The zero-order valence-electron chi connectivity index (χ0n) is 58.0. The van der Waals surface area contributed by atoms with E-state index in [2.05, 4.69) is 239 Å². The third-order valence-corrected chi connectivity index (χ3v) is 23.1. The number of halogens is 2. The fourth-order valence-electron chi connectivity index (χ4n) is 10.5. The Morgan fingerprint density at radius 3 is 0.705 bits per heavy atom. The van der Waals surface area contributed by atoms with E-state index >= 15 is 9.13 Å². The average molecular weight is 1280 g/mol. The van der Waals surface area contributed by atoms with Crippen molar-refractivity contribution < 1.29 is 37.7 Å². The standard InChI is InChI=1S/C76H102Cl2O8P2/c1-27-83-63(79)45-85-67-59(77)29-31-61(87(81,55-37-47(69(3,4)5)33-48(38-55)70(6,7)8)56-39-49(71(9,10)11)34-50(40-56)72(12,13)14)65(67)66-62(32-30-60(78)68(66)86-46-64(80)84-28-2)88(82,57-41-51(73(15,16)17)35-52(42-57)74(18,19)20)58-43-53(75(21,22)23)36-54(44-58)76(24,25)26/h29-44H,27-28,45-46H2,1-26H3. The van der Waals surface area contributed by atoms with E-state index in [1.807, 2.05) is 0 Å². The van der Waals surface area contributed by atoms with E-state index in [4.69, 9.17) is 42.1 Å². The van der Waals surface area contributed by atoms with Gasteiger partial charge in [0.05, 0.1) is 23.3 Å². The molecule has 478 valence electrons. The van der Waals surface area contributed by atoms with Crippen molar-refractivity contribution >= 4 is 81.3 Å². The number of benzene rings is 6. The fourth-order valence-corrected chi connectivity index (χ4v) is 16.9. The lowest BCUT2D eigenvalue weighted by Gasteiger charge is -2.34. The molecule has 0 N–H and O–H groups in total. The van der Waals surface area contributed by atoms with Crippen LogP contribution >= 0.6 is 37.5 Å². The third kappa shape index (κ3) is 15.8. The second-order valence-corrected chi connectivity index (χ2v) is 38.3. The average Bonchev–Trinajstić information content (AvgIpc) is 0.742. The van der Waals surface area contributed by atoms with Gasteiger partial charge in [-0.05, 0) is 174 Å². The van der Waals surface area contributed by atoms with E-state index < -0.39 is 82.8 Å². The van der Waals surface area contributed by atoms with Crippen molar-refractivity contribution in [2.75, 3.05) is 26.4 Å². The van der Waals surface area contributed by atoms with Crippen LogP contribution in [0.15, 0.2) is 97.1 Å². The Labute approximate surface area is 539 Å². The first-order chi connectivity index (χ1) is 40.0. The van der Waals surface area contributed by atoms with Crippen LogP contribution in [0, 0.1) is 0 Å². The maximum Gasteiger partial charge on any atom is 0.344 e. The van der Waals surface area contributed by atoms with Gasteiger partial charge < -0.3 is 28.1 Å². The fraction of sp³-hybridized carbons (Fsp3) is 0.500. The minimum atomic E-state index is -4.43. The van der Waals surface area contributed by atoms with Crippen molar-refractivity contribution in [3.63, 3.8) is 0 Å². The van der Waals surface area contributed by atoms with Crippen LogP contribution < -0.4 is 41.3 Å². The van der Waals surface area contributed by atoms with Crippen LogP contribution in [0.1, 0.15) is 225 Å². The maximum absolute atomic E-state index is 18.9. The van der Waals surface area contributed by atoms with Gasteiger partial charge in [0.25, 0.3) is 0 Å². The number of rotatable bonds is 15. The maximum atomic E-state index is 18.9. The van der Waals surface area contributed by atoms with Gasteiger partial charge in [-0.3, -0.25) is 0 Å². The van der Waals surface area contributed by atoms with Crippen molar-refractivity contribution in [1.29, 1.82) is 0 Å². The predicted octanol–water partition coefficient (Wildman–Crippen LogP) is 18.2. The van der Waals surface area contributed by atoms with E-state index in [0.29, 0.717) is 21.2 Å². The molecule has 0 amide bonds. The van der Waals surface area contributed by atoms with Crippen molar-refractivity contribution in [1.82, 2.24) is 0 Å². The highest BCUT2D eigenvalue weighted by molar-refractivity contribution is 7.86. The van der Waals surface area contributed by atoms with Crippen LogP contribution in [0.4, 0.5) is 0 Å². The number of hydrogen-bond acceptors (Lipinski definition) is 8. The summed E-state index contributed by atoms with van der Waals surface area (Å²) in [5, 5.41) is 2.66. The lowest BCUT2D eigenvalue weighted by atomic mass is 9.81. The first-order valence-corrected chi connectivity index (χ1v) is 35.3. The van der Waals surface area contributed by atoms with Crippen LogP contribution in [-0.4, -0.2) is 38.4 Å². The van der Waals surface area contributed by atoms with Crippen LogP contribution in [0.3, 0.4) is 0 Å². The molecule has 0 saturated carbocycles. The van der Waals surface area contributed by atoms with Gasteiger partial charge in [-0.25, -0.2) is 9.59 Å². The first-order valence-electron chi connectivity index (χ1n) is 31.1. The quantitative estimate of drug-likeness (QED) is 0.0740. The summed E-state index contributed by atoms with van der Waals surface area (Å²) in [4.78, 5) is 27.7. The van der Waals surface area contributed by atoms with Gasteiger partial charge in [0.15, 0.2) is 27.5 Å². The normalized spacial score (nSPS) is 13.4. The van der Waals surface area contributed by atoms with Gasteiger partial charge in [-0.15, -0.1) is 0 Å². The molecule has 0 saturated heterocycles. The Balaban J connectivity index is 2.13. The number of carbonyl (C=O) groups excluding carboxylic acids is 2. The third-order valence-electron chi connectivity index (χ3n) is 16.4. The Kier molecular flexibility index (Phi) is 20.9. The van der Waals surface area contributed by atoms with Crippen LogP contribution in [0.25, 0.3) is 11.1 Å². The summed E-state index contributed by atoms with van der Waals surface area (Å²) in [5.41, 5.74) is 4.47. The van der Waals surface area contributed by atoms with E-state index in [0.717, 1.165) is 44.5 Å². The van der Waals surface area contributed by atoms with Gasteiger partial charge in [-0.1, -0.05) is 214 Å². The van der Waals surface area contributed by atoms with E-state index in [1.165, 1.54) is 0 Å². The molecule has 0 bridgehead atoms. The largest absolute Gasteiger partial charge is 0.480 e. The molecule has 88 heavy (non-hydrogen) atoms. The molecule has 6 aromatic rings. The number of esters is 2. The molecule has 0 unspecified atom stereocenters. The van der Waals surface area contributed by atoms with Gasteiger partial charge >= 0.3 is 11.9 Å². The Morgan fingerprint density at radius 2 is 0.534 bits per heavy atom. The zero-order chi connectivity index (χ0) is 66.7. The predicted molar refractivity (Wildman–Crippen MR) is 375 cm³/mol. The van der Waals surface area contributed by atoms with Crippen molar-refractivity contribution in [2.45, 2.75) is 223 Å². The summed E-state index contributed by atoms with van der Waals surface area (Å²) in [6.45, 7) is 54.0. The highest BCUT2D eigenvalue weighted by Crippen LogP contribution is 2.57. The van der Waals surface area contributed by atoms with Crippen LogP contribution in [-0.2, 0) is 71.5 Å². The highest BCUT2D eigenvalue weighted by atomic mass is 35.5. The molecule has 0 heterocycles. The summed E-state index contributed by atoms with van der Waals surface area (Å²) in [6, 6.07) is 32.2. The van der Waals surface area contributed by atoms with E-state index in [1.54, 1.807) is 38.1 Å². The molecule has 0 radical (unpaired) electrons.